The summed E-state index contributed by atoms with van der Waals surface area (Å²) < 4.78 is 0. The van der Waals surface area contributed by atoms with Gasteiger partial charge in [0, 0.05) is 0 Å². The lowest BCUT2D eigenvalue weighted by Crippen LogP contribution is -1.63. The maximum atomic E-state index is 3.63. The van der Waals surface area contributed by atoms with Gasteiger partial charge in [-0.3, -0.25) is 0 Å². The molecule has 0 heterocycles. The Kier molecular flexibility index (Phi) is 27.6. The molecule has 0 spiro atoms. The standard InChI is InChI=1S/C8H8.C6H6.C5H8.C4H6.C2H4/c1-2-8-6-4-3-5-7-8;1-2-4-6-5-3-1;1-4-5(2)3;1-3-4-2;1-2/h2-7H,1H2;1-6H;4H,1-2H2,3H3;3-4H,1-2H2;1-2H2. The van der Waals surface area contributed by atoms with E-state index in [4.69, 9.17) is 0 Å². The van der Waals surface area contributed by atoms with Crippen LogP contribution in [0.15, 0.2) is 137 Å². The van der Waals surface area contributed by atoms with Gasteiger partial charge in [-0.2, -0.15) is 0 Å². The van der Waals surface area contributed by atoms with E-state index in [1.165, 1.54) is 5.56 Å². The van der Waals surface area contributed by atoms with Crippen molar-refractivity contribution in [2.45, 2.75) is 6.92 Å². The molecule has 25 heavy (non-hydrogen) atoms. The van der Waals surface area contributed by atoms with Gasteiger partial charge in [-0.05, 0) is 12.5 Å². The second-order valence-electron chi connectivity index (χ2n) is 4.29. The summed E-state index contributed by atoms with van der Waals surface area (Å²) >= 11 is 0. The number of benzene rings is 2. The smallest absolute Gasteiger partial charge is 0.0263 e. The molecule has 0 aliphatic carbocycles. The summed E-state index contributed by atoms with van der Waals surface area (Å²) in [5.74, 6) is 0. The topological polar surface area (TPSA) is 0 Å². The zero-order valence-corrected chi connectivity index (χ0v) is 15.6. The monoisotopic (exact) mass is 332 g/mol. The maximum absolute atomic E-state index is 3.63. The average molecular weight is 333 g/mol. The first-order chi connectivity index (χ1) is 12.1. The molecule has 0 saturated heterocycles. The van der Waals surface area contributed by atoms with Crippen LogP contribution in [0.2, 0.25) is 0 Å². The van der Waals surface area contributed by atoms with Crippen LogP contribution in [0.4, 0.5) is 0 Å². The zero-order chi connectivity index (χ0) is 19.8. The third-order valence-electron chi connectivity index (χ3n) is 2.22. The molecule has 0 bridgehead atoms. The van der Waals surface area contributed by atoms with Gasteiger partial charge in [-0.1, -0.05) is 130 Å². The van der Waals surface area contributed by atoms with E-state index < -0.39 is 0 Å². The molecule has 0 N–H and O–H groups in total. The molecule has 0 aliphatic heterocycles. The largest absolute Gasteiger partial charge is 0.106 e. The molecule has 0 radical (unpaired) electrons. The van der Waals surface area contributed by atoms with Gasteiger partial charge in [0.1, 0.15) is 0 Å². The second-order valence-corrected chi connectivity index (χ2v) is 4.29. The van der Waals surface area contributed by atoms with E-state index in [1.54, 1.807) is 18.2 Å². The van der Waals surface area contributed by atoms with Crippen molar-refractivity contribution in [3.8, 4) is 0 Å². The van der Waals surface area contributed by atoms with Crippen molar-refractivity contribution < 1.29 is 0 Å². The summed E-state index contributed by atoms with van der Waals surface area (Å²) in [7, 11) is 0. The van der Waals surface area contributed by atoms with Crippen LogP contribution in [0, 0.1) is 0 Å². The molecule has 2 aromatic rings. The molecular formula is C25H32. The van der Waals surface area contributed by atoms with Crippen molar-refractivity contribution >= 4 is 6.08 Å². The average Bonchev–Trinajstić information content (AvgIpc) is 2.72. The van der Waals surface area contributed by atoms with Crippen LogP contribution in [0.1, 0.15) is 12.5 Å². The van der Waals surface area contributed by atoms with Gasteiger partial charge in [0.15, 0.2) is 0 Å². The van der Waals surface area contributed by atoms with E-state index in [-0.39, 0.29) is 0 Å². The van der Waals surface area contributed by atoms with Crippen LogP contribution < -0.4 is 0 Å². The maximum Gasteiger partial charge on any atom is -0.0263 e. The van der Waals surface area contributed by atoms with Crippen LogP contribution in [-0.4, -0.2) is 0 Å². The molecule has 0 aliphatic rings. The lowest BCUT2D eigenvalue weighted by Gasteiger charge is -1.85. The lowest BCUT2D eigenvalue weighted by molar-refractivity contribution is 1.58. The molecule has 0 heteroatoms. The summed E-state index contributed by atoms with van der Waals surface area (Å²) in [6.45, 7) is 25.3. The van der Waals surface area contributed by atoms with Crippen LogP contribution in [0.25, 0.3) is 6.08 Å². The first-order valence-corrected chi connectivity index (χ1v) is 7.81. The molecule has 2 rings (SSSR count). The molecule has 132 valence electrons. The van der Waals surface area contributed by atoms with Crippen molar-refractivity contribution in [1.29, 1.82) is 0 Å². The van der Waals surface area contributed by atoms with Gasteiger partial charge in [0.25, 0.3) is 0 Å². The fourth-order valence-corrected chi connectivity index (χ4v) is 0.974. The lowest BCUT2D eigenvalue weighted by atomic mass is 10.2. The minimum absolute atomic E-state index is 1.02. The number of rotatable bonds is 3. The van der Waals surface area contributed by atoms with Gasteiger partial charge in [-0.25, -0.2) is 0 Å². The molecule has 0 unspecified atom stereocenters. The second kappa shape index (κ2) is 25.8. The first kappa shape index (κ1) is 26.8. The predicted octanol–water partition coefficient (Wildman–Crippen LogP) is 7.93. The molecule has 0 nitrogen and oxygen atoms in total. The van der Waals surface area contributed by atoms with E-state index in [9.17, 15) is 0 Å². The van der Waals surface area contributed by atoms with E-state index in [2.05, 4.69) is 46.1 Å². The highest BCUT2D eigenvalue weighted by molar-refractivity contribution is 5.45. The third kappa shape index (κ3) is 29.5. The molecule has 0 aromatic heterocycles. The Morgan fingerprint density at radius 3 is 1.12 bits per heavy atom. The minimum atomic E-state index is 1.02. The minimum Gasteiger partial charge on any atom is -0.106 e. The Hall–Kier alpha value is -3.12. The summed E-state index contributed by atoms with van der Waals surface area (Å²) in [4.78, 5) is 0. The van der Waals surface area contributed by atoms with Gasteiger partial charge in [0.05, 0.1) is 0 Å². The number of allylic oxidation sites excluding steroid dienone is 4. The molecule has 0 atom stereocenters. The Morgan fingerprint density at radius 2 is 0.960 bits per heavy atom. The van der Waals surface area contributed by atoms with Crippen LogP contribution in [0.5, 0.6) is 0 Å². The van der Waals surface area contributed by atoms with Gasteiger partial charge in [0.2, 0.25) is 0 Å². The number of hydrogen-bond donors (Lipinski definition) is 0. The van der Waals surface area contributed by atoms with Gasteiger partial charge >= 0.3 is 0 Å². The van der Waals surface area contributed by atoms with Crippen LogP contribution in [0.3, 0.4) is 0 Å². The fourth-order valence-electron chi connectivity index (χ4n) is 0.974. The van der Waals surface area contributed by atoms with Crippen molar-refractivity contribution in [3.05, 3.63) is 142 Å². The molecular weight excluding hydrogens is 300 g/mol. The molecule has 0 amide bonds. The molecule has 2 aromatic carbocycles. The first-order valence-electron chi connectivity index (χ1n) is 7.81. The molecule has 0 saturated carbocycles. The quantitative estimate of drug-likeness (QED) is 0.395. The van der Waals surface area contributed by atoms with Crippen molar-refractivity contribution in [2.75, 3.05) is 0 Å². The van der Waals surface area contributed by atoms with Gasteiger partial charge < -0.3 is 0 Å². The SMILES string of the molecule is C=C.C=CC(=C)C.C=CC=C.C=Cc1ccccc1.c1ccccc1. The van der Waals surface area contributed by atoms with Crippen LogP contribution >= 0.6 is 0 Å². The number of hydrogen-bond acceptors (Lipinski definition) is 0. The van der Waals surface area contributed by atoms with Crippen LogP contribution in [-0.2, 0) is 0 Å². The summed E-state index contributed by atoms with van der Waals surface area (Å²) in [5.41, 5.74) is 2.19. The van der Waals surface area contributed by atoms with E-state index in [0.717, 1.165) is 5.57 Å². The highest BCUT2D eigenvalue weighted by atomic mass is 13.8. The van der Waals surface area contributed by atoms with E-state index in [1.807, 2.05) is 79.7 Å². The normalized spacial score (nSPS) is 6.92. The van der Waals surface area contributed by atoms with E-state index in [0.29, 0.717) is 0 Å². The van der Waals surface area contributed by atoms with Crippen molar-refractivity contribution in [2.24, 2.45) is 0 Å². The highest BCUT2D eigenvalue weighted by Gasteiger charge is 1.75. The van der Waals surface area contributed by atoms with Gasteiger partial charge in [-0.15, -0.1) is 13.2 Å². The summed E-state index contributed by atoms with van der Waals surface area (Å²) in [5, 5.41) is 0. The summed E-state index contributed by atoms with van der Waals surface area (Å²) in [6, 6.07) is 22.0. The Balaban J connectivity index is -0.000000258. The summed E-state index contributed by atoms with van der Waals surface area (Å²) in [6.07, 6.45) is 6.83. The highest BCUT2D eigenvalue weighted by Crippen LogP contribution is 1.97. The van der Waals surface area contributed by atoms with Crippen molar-refractivity contribution in [1.82, 2.24) is 0 Å². The van der Waals surface area contributed by atoms with Crippen molar-refractivity contribution in [3.63, 3.8) is 0 Å². The Morgan fingerprint density at radius 1 is 0.680 bits per heavy atom. The Bertz CT molecular complexity index is 514. The Labute approximate surface area is 155 Å². The fraction of sp³-hybridized carbons (Fsp3) is 0.0400. The van der Waals surface area contributed by atoms with E-state index >= 15 is 0 Å². The third-order valence-corrected chi connectivity index (χ3v) is 2.22. The predicted molar refractivity (Wildman–Crippen MR) is 120 cm³/mol. The zero-order valence-electron chi connectivity index (χ0n) is 15.6. The molecule has 0 fully saturated rings.